The van der Waals surface area contributed by atoms with Crippen LogP contribution in [0.25, 0.3) is 0 Å². The van der Waals surface area contributed by atoms with E-state index in [0.717, 1.165) is 22.3 Å². The zero-order valence-corrected chi connectivity index (χ0v) is 18.6. The summed E-state index contributed by atoms with van der Waals surface area (Å²) < 4.78 is 5.54. The molecule has 2 aromatic carbocycles. The molecule has 6 nitrogen and oxygen atoms in total. The first-order valence-electron chi connectivity index (χ1n) is 9.68. The predicted octanol–water partition coefficient (Wildman–Crippen LogP) is 4.66. The highest BCUT2D eigenvalue weighted by Gasteiger charge is 2.16. The third kappa shape index (κ3) is 5.52. The van der Waals surface area contributed by atoms with Crippen molar-refractivity contribution in [2.75, 3.05) is 5.32 Å². The maximum absolute atomic E-state index is 12.6. The molecule has 0 aliphatic carbocycles. The minimum absolute atomic E-state index is 0.0486. The van der Waals surface area contributed by atoms with E-state index >= 15 is 0 Å². The van der Waals surface area contributed by atoms with Gasteiger partial charge in [-0.15, -0.1) is 0 Å². The van der Waals surface area contributed by atoms with Crippen LogP contribution in [-0.2, 0) is 0 Å². The molecule has 31 heavy (non-hydrogen) atoms. The number of amides is 1. The average Bonchev–Trinajstić information content (AvgIpc) is 2.69. The van der Waals surface area contributed by atoms with Crippen molar-refractivity contribution in [3.05, 3.63) is 88.1 Å². The number of aromatic nitrogens is 1. The molecule has 0 saturated heterocycles. The molecule has 1 amide bonds. The van der Waals surface area contributed by atoms with E-state index in [1.165, 1.54) is 6.20 Å². The average molecular weight is 434 g/mol. The van der Waals surface area contributed by atoms with Crippen LogP contribution >= 0.6 is 12.2 Å². The van der Waals surface area contributed by atoms with Gasteiger partial charge < -0.3 is 10.1 Å². The molecule has 1 heterocycles. The first-order chi connectivity index (χ1) is 14.7. The van der Waals surface area contributed by atoms with E-state index < -0.39 is 5.97 Å². The largest absolute Gasteiger partial charge is 0.419 e. The number of aryl methyl sites for hydroxylation is 4. The second-order valence-electron chi connectivity index (χ2n) is 7.28. The molecule has 0 aliphatic rings. The minimum Gasteiger partial charge on any atom is -0.419 e. The van der Waals surface area contributed by atoms with Crippen LogP contribution in [0.5, 0.6) is 5.75 Å². The minimum atomic E-state index is -0.501. The van der Waals surface area contributed by atoms with Gasteiger partial charge in [0.15, 0.2) is 16.7 Å². The Balaban J connectivity index is 1.72. The number of benzene rings is 2. The predicted molar refractivity (Wildman–Crippen MR) is 125 cm³/mol. The quantitative estimate of drug-likeness (QED) is 0.460. The lowest BCUT2D eigenvalue weighted by Crippen LogP contribution is -2.35. The van der Waals surface area contributed by atoms with E-state index in [4.69, 9.17) is 17.0 Å². The number of thiocarbonyl (C=S) groups is 1. The molecular formula is C24H23N3O3S. The van der Waals surface area contributed by atoms with Crippen molar-refractivity contribution in [3.8, 4) is 5.75 Å². The molecule has 3 rings (SSSR count). The smallest absolute Gasteiger partial charge is 0.343 e. The van der Waals surface area contributed by atoms with E-state index in [1.807, 2.05) is 52.0 Å². The Kier molecular flexibility index (Phi) is 6.77. The number of hydrogen-bond donors (Lipinski definition) is 2. The molecule has 0 saturated carbocycles. The Morgan fingerprint density at radius 1 is 0.903 bits per heavy atom. The third-order valence-corrected chi connectivity index (χ3v) is 4.86. The topological polar surface area (TPSA) is 80.3 Å². The van der Waals surface area contributed by atoms with Gasteiger partial charge in [0, 0.05) is 11.8 Å². The number of ether oxygens (including phenoxy) is 1. The summed E-state index contributed by atoms with van der Waals surface area (Å²) in [4.78, 5) is 29.4. The zero-order chi connectivity index (χ0) is 22.5. The number of rotatable bonds is 4. The number of esters is 1. The van der Waals surface area contributed by atoms with Gasteiger partial charge in [-0.1, -0.05) is 35.4 Å². The normalized spacial score (nSPS) is 10.3. The van der Waals surface area contributed by atoms with Gasteiger partial charge >= 0.3 is 5.97 Å². The van der Waals surface area contributed by atoms with Gasteiger partial charge in [-0.3, -0.25) is 10.1 Å². The van der Waals surface area contributed by atoms with Gasteiger partial charge in [-0.25, -0.2) is 9.78 Å². The number of carbonyl (C=O) groups excluding carboxylic acids is 2. The highest BCUT2D eigenvalue weighted by molar-refractivity contribution is 7.80. The van der Waals surface area contributed by atoms with Crippen LogP contribution in [0.15, 0.2) is 54.7 Å². The molecule has 3 aromatic rings. The molecule has 158 valence electrons. The van der Waals surface area contributed by atoms with Crippen molar-refractivity contribution in [1.29, 1.82) is 0 Å². The first kappa shape index (κ1) is 22.1. The fourth-order valence-electron chi connectivity index (χ4n) is 3.14. The summed E-state index contributed by atoms with van der Waals surface area (Å²) >= 11 is 5.26. The van der Waals surface area contributed by atoms with Crippen molar-refractivity contribution in [1.82, 2.24) is 10.3 Å². The molecule has 0 radical (unpaired) electrons. The van der Waals surface area contributed by atoms with Crippen LogP contribution in [-0.4, -0.2) is 22.0 Å². The highest BCUT2D eigenvalue weighted by atomic mass is 32.1. The molecule has 0 atom stereocenters. The van der Waals surface area contributed by atoms with Crippen LogP contribution in [0.2, 0.25) is 0 Å². The van der Waals surface area contributed by atoms with Gasteiger partial charge in [0.05, 0.1) is 5.56 Å². The molecule has 7 heteroatoms. The molecule has 0 unspecified atom stereocenters. The van der Waals surface area contributed by atoms with Crippen molar-refractivity contribution >= 4 is 35.0 Å². The Morgan fingerprint density at radius 3 is 2.13 bits per heavy atom. The maximum atomic E-state index is 12.6. The van der Waals surface area contributed by atoms with Crippen molar-refractivity contribution < 1.29 is 14.3 Å². The molecule has 0 fully saturated rings. The lowest BCUT2D eigenvalue weighted by atomic mass is 10.1. The lowest BCUT2D eigenvalue weighted by molar-refractivity contribution is 0.0734. The Bertz CT molecular complexity index is 1170. The van der Waals surface area contributed by atoms with E-state index in [-0.39, 0.29) is 22.6 Å². The maximum Gasteiger partial charge on any atom is 0.343 e. The number of anilines is 1. The number of carbonyl (C=O) groups is 2. The third-order valence-electron chi connectivity index (χ3n) is 4.66. The lowest BCUT2D eigenvalue weighted by Gasteiger charge is -2.14. The summed E-state index contributed by atoms with van der Waals surface area (Å²) in [6.45, 7) is 7.63. The molecule has 0 spiro atoms. The number of pyridine rings is 1. The molecular weight excluding hydrogens is 410 g/mol. The van der Waals surface area contributed by atoms with Gasteiger partial charge in [-0.05, 0) is 75.3 Å². The molecule has 0 aliphatic heterocycles. The SMILES string of the molecule is Cc1ccc(C(=O)NC(=S)Nc2ncccc2OC(=O)c2ccc(C)cc2C)c(C)c1. The van der Waals surface area contributed by atoms with Gasteiger partial charge in [0.2, 0.25) is 0 Å². The first-order valence-corrected chi connectivity index (χ1v) is 10.1. The van der Waals surface area contributed by atoms with E-state index in [9.17, 15) is 9.59 Å². The second-order valence-corrected chi connectivity index (χ2v) is 7.69. The van der Waals surface area contributed by atoms with Crippen LogP contribution in [0.4, 0.5) is 5.82 Å². The fourth-order valence-corrected chi connectivity index (χ4v) is 3.33. The summed E-state index contributed by atoms with van der Waals surface area (Å²) in [5.74, 6) is -0.402. The van der Waals surface area contributed by atoms with Crippen molar-refractivity contribution in [3.63, 3.8) is 0 Å². The fraction of sp³-hybridized carbons (Fsp3) is 0.167. The van der Waals surface area contributed by atoms with Crippen LogP contribution in [0.3, 0.4) is 0 Å². The van der Waals surface area contributed by atoms with E-state index in [1.54, 1.807) is 24.3 Å². The number of hydrogen-bond acceptors (Lipinski definition) is 5. The summed E-state index contributed by atoms with van der Waals surface area (Å²) in [5, 5.41) is 5.52. The Hall–Kier alpha value is -3.58. The standard InChI is InChI=1S/C24H23N3O3S/c1-14-7-9-18(16(3)12-14)22(28)27-24(31)26-21-20(6-5-11-25-21)30-23(29)19-10-8-15(2)13-17(19)4/h5-13H,1-4H3,(H2,25,26,27,28,31). The summed E-state index contributed by atoms with van der Waals surface area (Å²) in [5.41, 5.74) is 4.78. The number of nitrogens with zero attached hydrogens (tertiary/aromatic N) is 1. The summed E-state index contributed by atoms with van der Waals surface area (Å²) in [7, 11) is 0. The van der Waals surface area contributed by atoms with Gasteiger partial charge in [-0.2, -0.15) is 0 Å². The molecule has 1 aromatic heterocycles. The highest BCUT2D eigenvalue weighted by Crippen LogP contribution is 2.23. The zero-order valence-electron chi connectivity index (χ0n) is 17.8. The molecule has 2 N–H and O–H groups in total. The summed E-state index contributed by atoms with van der Waals surface area (Å²) in [6, 6.07) is 14.3. The second kappa shape index (κ2) is 9.49. The monoisotopic (exact) mass is 433 g/mol. The van der Waals surface area contributed by atoms with E-state index in [0.29, 0.717) is 11.1 Å². The van der Waals surface area contributed by atoms with Crippen molar-refractivity contribution in [2.45, 2.75) is 27.7 Å². The van der Waals surface area contributed by atoms with Crippen LogP contribution < -0.4 is 15.4 Å². The van der Waals surface area contributed by atoms with Crippen molar-refractivity contribution in [2.24, 2.45) is 0 Å². The van der Waals surface area contributed by atoms with Gasteiger partial charge in [0.25, 0.3) is 5.91 Å². The van der Waals surface area contributed by atoms with Gasteiger partial charge in [0.1, 0.15) is 0 Å². The van der Waals surface area contributed by atoms with Crippen LogP contribution in [0, 0.1) is 27.7 Å². The molecule has 0 bridgehead atoms. The van der Waals surface area contributed by atoms with Crippen LogP contribution in [0.1, 0.15) is 43.0 Å². The number of nitrogens with one attached hydrogen (secondary N) is 2. The Morgan fingerprint density at radius 2 is 1.52 bits per heavy atom. The van der Waals surface area contributed by atoms with E-state index in [2.05, 4.69) is 15.6 Å². The summed E-state index contributed by atoms with van der Waals surface area (Å²) in [6.07, 6.45) is 1.53. The Labute approximate surface area is 186 Å².